The Morgan fingerprint density at radius 2 is 1.60 bits per heavy atom. The van der Waals surface area contributed by atoms with Gasteiger partial charge in [-0.15, -0.1) is 0 Å². The molecule has 0 saturated heterocycles. The van der Waals surface area contributed by atoms with Crippen molar-refractivity contribution in [1.29, 1.82) is 0 Å². The molecule has 10 nitrogen and oxygen atoms in total. The highest BCUT2D eigenvalue weighted by Crippen LogP contribution is 2.44. The standard InChI is InChI=1S/C33H57N3O7S2/c1-26(2)11-10-15-35-31(38)24-41-21-22-43-33(8,45-44-32(5,6)7)25-42-29-13-9-12-28(23-29)36-30(37)14-17-39-19-20-40-18-16-34-27(3)4/h9-13,23,26-27,34H,14-22,24-25H2,1-8H3,(H,35,38)(H,36,37)/b11-10+/t33-/m1/s1. The van der Waals surface area contributed by atoms with Gasteiger partial charge in [-0.05, 0) is 25.0 Å². The van der Waals surface area contributed by atoms with Crippen molar-refractivity contribution in [3.05, 3.63) is 36.4 Å². The van der Waals surface area contributed by atoms with Gasteiger partial charge in [0.05, 0.1) is 46.1 Å². The zero-order chi connectivity index (χ0) is 33.6. The van der Waals surface area contributed by atoms with Crippen molar-refractivity contribution < 1.29 is 33.3 Å². The molecule has 0 saturated carbocycles. The lowest BCUT2D eigenvalue weighted by Gasteiger charge is -2.31. The Morgan fingerprint density at radius 3 is 2.29 bits per heavy atom. The minimum atomic E-state index is -0.684. The van der Waals surface area contributed by atoms with E-state index in [1.165, 1.54) is 0 Å². The summed E-state index contributed by atoms with van der Waals surface area (Å²) in [5.74, 6) is 0.758. The van der Waals surface area contributed by atoms with Crippen LogP contribution in [0.3, 0.4) is 0 Å². The molecule has 0 aliphatic rings. The van der Waals surface area contributed by atoms with Crippen molar-refractivity contribution in [1.82, 2.24) is 10.6 Å². The minimum Gasteiger partial charge on any atom is -0.490 e. The van der Waals surface area contributed by atoms with Crippen molar-refractivity contribution in [2.45, 2.75) is 77.5 Å². The van der Waals surface area contributed by atoms with E-state index in [4.69, 9.17) is 23.7 Å². The van der Waals surface area contributed by atoms with E-state index in [9.17, 15) is 9.59 Å². The van der Waals surface area contributed by atoms with Gasteiger partial charge in [0, 0.05) is 35.6 Å². The lowest BCUT2D eigenvalue weighted by atomic mass is 10.2. The predicted molar refractivity (Wildman–Crippen MR) is 187 cm³/mol. The molecule has 2 amide bonds. The zero-order valence-corrected chi connectivity index (χ0v) is 30.2. The van der Waals surface area contributed by atoms with E-state index in [-0.39, 0.29) is 42.8 Å². The van der Waals surface area contributed by atoms with E-state index < -0.39 is 4.93 Å². The van der Waals surface area contributed by atoms with Crippen molar-refractivity contribution in [3.8, 4) is 5.75 Å². The van der Waals surface area contributed by atoms with Crippen molar-refractivity contribution in [3.63, 3.8) is 0 Å². The van der Waals surface area contributed by atoms with E-state index in [2.05, 4.69) is 64.4 Å². The number of allylic oxidation sites excluding steroid dienone is 1. The Hall–Kier alpha value is -1.80. The highest BCUT2D eigenvalue weighted by atomic mass is 33.1. The van der Waals surface area contributed by atoms with E-state index in [1.807, 2.05) is 37.3 Å². The number of hydrogen-bond acceptors (Lipinski definition) is 10. The number of rotatable bonds is 25. The summed E-state index contributed by atoms with van der Waals surface area (Å²) in [6, 6.07) is 7.72. The number of benzene rings is 1. The van der Waals surface area contributed by atoms with Gasteiger partial charge in [-0.3, -0.25) is 9.59 Å². The van der Waals surface area contributed by atoms with Gasteiger partial charge in [0.25, 0.3) is 0 Å². The quantitative estimate of drug-likeness (QED) is 0.0519. The van der Waals surface area contributed by atoms with Gasteiger partial charge in [-0.1, -0.05) is 88.3 Å². The average molecular weight is 672 g/mol. The topological polar surface area (TPSA) is 116 Å². The molecule has 0 spiro atoms. The summed E-state index contributed by atoms with van der Waals surface area (Å²) in [7, 11) is 3.30. The molecule has 0 aromatic heterocycles. The van der Waals surface area contributed by atoms with Gasteiger partial charge in [0.1, 0.15) is 19.0 Å². The van der Waals surface area contributed by atoms with Gasteiger partial charge >= 0.3 is 0 Å². The Bertz CT molecular complexity index is 989. The normalized spacial score (nSPS) is 13.4. The van der Waals surface area contributed by atoms with Crippen LogP contribution in [0.2, 0.25) is 0 Å². The molecule has 0 aliphatic carbocycles. The van der Waals surface area contributed by atoms with Crippen molar-refractivity contribution >= 4 is 39.1 Å². The van der Waals surface area contributed by atoms with Crippen LogP contribution in [0.5, 0.6) is 5.75 Å². The van der Waals surface area contributed by atoms with Gasteiger partial charge in [-0.2, -0.15) is 0 Å². The Kier molecular flexibility index (Phi) is 21.5. The third kappa shape index (κ3) is 24.1. The van der Waals surface area contributed by atoms with E-state index >= 15 is 0 Å². The fourth-order valence-corrected chi connectivity index (χ4v) is 5.59. The highest BCUT2D eigenvalue weighted by molar-refractivity contribution is 8.77. The molecule has 0 unspecified atom stereocenters. The average Bonchev–Trinajstić information content (AvgIpc) is 2.96. The first-order chi connectivity index (χ1) is 21.3. The minimum absolute atomic E-state index is 0.0137. The molecular weight excluding hydrogens is 615 g/mol. The van der Waals surface area contributed by atoms with Gasteiger partial charge < -0.3 is 39.6 Å². The first kappa shape index (κ1) is 41.2. The smallest absolute Gasteiger partial charge is 0.246 e. The number of hydrogen-bond donors (Lipinski definition) is 3. The summed E-state index contributed by atoms with van der Waals surface area (Å²) in [6.07, 6.45) is 4.22. The van der Waals surface area contributed by atoms with Crippen LogP contribution in [-0.4, -0.2) is 93.5 Å². The number of carbonyl (C=O) groups is 2. The number of carbonyl (C=O) groups excluding carboxylic acids is 2. The molecule has 0 heterocycles. The Labute approximate surface area is 279 Å². The van der Waals surface area contributed by atoms with Crippen LogP contribution in [0.4, 0.5) is 5.69 Å². The predicted octanol–water partition coefficient (Wildman–Crippen LogP) is 5.68. The van der Waals surface area contributed by atoms with E-state index in [0.29, 0.717) is 63.0 Å². The SMILES string of the molecule is CC(C)/C=C/CNC(=O)COCCO[C@@](C)(COc1cccc(NC(=O)CCOCCOCCNC(C)C)c1)SSC(C)(C)C. The number of amides is 2. The van der Waals surface area contributed by atoms with Crippen LogP contribution in [0, 0.1) is 5.92 Å². The van der Waals surface area contributed by atoms with E-state index in [1.54, 1.807) is 27.7 Å². The second-order valence-corrected chi connectivity index (χ2v) is 15.7. The molecule has 0 radical (unpaired) electrons. The summed E-state index contributed by atoms with van der Waals surface area (Å²) in [5, 5.41) is 8.99. The van der Waals surface area contributed by atoms with Crippen LogP contribution in [0.15, 0.2) is 36.4 Å². The van der Waals surface area contributed by atoms with Crippen molar-refractivity contribution in [2.24, 2.45) is 5.92 Å². The molecule has 1 rings (SSSR count). The second-order valence-electron chi connectivity index (χ2n) is 12.2. The number of nitrogens with one attached hydrogen (secondary N) is 3. The summed E-state index contributed by atoms with van der Waals surface area (Å²) in [6.45, 7) is 20.8. The second kappa shape index (κ2) is 23.5. The van der Waals surface area contributed by atoms with Gasteiger partial charge in [0.2, 0.25) is 11.8 Å². The summed E-state index contributed by atoms with van der Waals surface area (Å²) < 4.78 is 28.9. The number of anilines is 1. The summed E-state index contributed by atoms with van der Waals surface area (Å²) in [5.41, 5.74) is 0.643. The maximum Gasteiger partial charge on any atom is 0.246 e. The summed E-state index contributed by atoms with van der Waals surface area (Å²) in [4.78, 5) is 23.7. The first-order valence-corrected chi connectivity index (χ1v) is 17.9. The lowest BCUT2D eigenvalue weighted by Crippen LogP contribution is -2.34. The fraction of sp³-hybridized carbons (Fsp3) is 0.697. The van der Waals surface area contributed by atoms with Crippen LogP contribution < -0.4 is 20.7 Å². The maximum absolute atomic E-state index is 12.4. The highest BCUT2D eigenvalue weighted by Gasteiger charge is 2.30. The molecular formula is C33H57N3O7S2. The van der Waals surface area contributed by atoms with Crippen molar-refractivity contribution in [2.75, 3.05) is 71.3 Å². The van der Waals surface area contributed by atoms with Crippen LogP contribution in [-0.2, 0) is 28.5 Å². The zero-order valence-electron chi connectivity index (χ0n) is 28.6. The molecule has 1 aromatic carbocycles. The molecule has 0 fully saturated rings. The molecule has 12 heteroatoms. The monoisotopic (exact) mass is 671 g/mol. The molecule has 0 bridgehead atoms. The maximum atomic E-state index is 12.4. The molecule has 258 valence electrons. The van der Waals surface area contributed by atoms with Crippen LogP contribution in [0.25, 0.3) is 0 Å². The van der Waals surface area contributed by atoms with Crippen LogP contribution in [0.1, 0.15) is 61.8 Å². The van der Waals surface area contributed by atoms with Gasteiger partial charge in [0.15, 0.2) is 4.93 Å². The molecule has 1 aromatic rings. The largest absolute Gasteiger partial charge is 0.490 e. The Balaban J connectivity index is 2.47. The molecule has 45 heavy (non-hydrogen) atoms. The summed E-state index contributed by atoms with van der Waals surface area (Å²) >= 11 is 0. The first-order valence-electron chi connectivity index (χ1n) is 15.7. The number of ether oxygens (including phenoxy) is 5. The van der Waals surface area contributed by atoms with Crippen LogP contribution >= 0.6 is 21.6 Å². The third-order valence-electron chi connectivity index (χ3n) is 5.54. The van der Waals surface area contributed by atoms with E-state index in [0.717, 1.165) is 6.54 Å². The molecule has 1 atom stereocenters. The third-order valence-corrected chi connectivity index (χ3v) is 9.52. The molecule has 3 N–H and O–H groups in total. The molecule has 0 aliphatic heterocycles. The Morgan fingerprint density at radius 1 is 0.889 bits per heavy atom. The fourth-order valence-electron chi connectivity index (χ4n) is 3.36. The lowest BCUT2D eigenvalue weighted by molar-refractivity contribution is -0.126. The van der Waals surface area contributed by atoms with Gasteiger partial charge in [-0.25, -0.2) is 0 Å².